The average molecular weight is 289 g/mol. The highest BCUT2D eigenvalue weighted by Crippen LogP contribution is 2.14. The molecule has 0 aliphatic heterocycles. The van der Waals surface area contributed by atoms with Crippen LogP contribution in [0.5, 0.6) is 0 Å². The summed E-state index contributed by atoms with van der Waals surface area (Å²) in [4.78, 5) is 14.1. The summed E-state index contributed by atoms with van der Waals surface area (Å²) in [6.07, 6.45) is 0.799. The van der Waals surface area contributed by atoms with Crippen molar-refractivity contribution in [1.82, 2.24) is 19.9 Å². The minimum absolute atomic E-state index is 0.0153. The summed E-state index contributed by atoms with van der Waals surface area (Å²) in [6, 6.07) is 5.58. The summed E-state index contributed by atoms with van der Waals surface area (Å²) in [5, 5.41) is 7.99. The zero-order valence-electron chi connectivity index (χ0n) is 13.1. The topological polar surface area (TPSA) is 77.0 Å². The first-order valence-electron chi connectivity index (χ1n) is 7.20. The summed E-state index contributed by atoms with van der Waals surface area (Å²) in [5.41, 5.74) is 8.30. The van der Waals surface area contributed by atoms with Crippen LogP contribution in [0.2, 0.25) is 0 Å². The molecular weight excluding hydrogens is 266 g/mol. The fourth-order valence-corrected chi connectivity index (χ4v) is 2.17. The molecule has 0 saturated heterocycles. The van der Waals surface area contributed by atoms with Gasteiger partial charge in [-0.3, -0.25) is 4.79 Å². The number of carbonyl (C=O) groups is 1. The molecule has 0 radical (unpaired) electrons. The lowest BCUT2D eigenvalue weighted by atomic mass is 10.0. The first-order chi connectivity index (χ1) is 9.90. The van der Waals surface area contributed by atoms with Crippen LogP contribution in [0.4, 0.5) is 0 Å². The molecule has 0 spiro atoms. The van der Waals surface area contributed by atoms with E-state index in [4.69, 9.17) is 5.73 Å². The molecular formula is C15H23N5O. The Morgan fingerprint density at radius 2 is 2.14 bits per heavy atom. The minimum atomic E-state index is -0.0153. The number of hydrogen-bond donors (Lipinski definition) is 1. The van der Waals surface area contributed by atoms with Gasteiger partial charge in [0.25, 0.3) is 5.91 Å². The van der Waals surface area contributed by atoms with Crippen molar-refractivity contribution in [3.8, 4) is 0 Å². The SMILES string of the molecule is CC(C)C(N)CCN(C)C(=O)c1ccc2c(c1)nnn2C. The first kappa shape index (κ1) is 15.4. The Morgan fingerprint density at radius 3 is 2.81 bits per heavy atom. The second kappa shape index (κ2) is 6.22. The number of carbonyl (C=O) groups excluding carboxylic acids is 1. The summed E-state index contributed by atoms with van der Waals surface area (Å²) < 4.78 is 1.69. The smallest absolute Gasteiger partial charge is 0.253 e. The van der Waals surface area contributed by atoms with E-state index in [1.165, 1.54) is 0 Å². The van der Waals surface area contributed by atoms with Crippen LogP contribution in [0, 0.1) is 5.92 Å². The van der Waals surface area contributed by atoms with Crippen molar-refractivity contribution < 1.29 is 4.79 Å². The molecule has 0 aliphatic carbocycles. The fourth-order valence-electron chi connectivity index (χ4n) is 2.17. The summed E-state index contributed by atoms with van der Waals surface area (Å²) >= 11 is 0. The van der Waals surface area contributed by atoms with E-state index in [1.54, 1.807) is 22.7 Å². The number of aromatic nitrogens is 3. The van der Waals surface area contributed by atoms with Crippen LogP contribution in [0.15, 0.2) is 18.2 Å². The third-order valence-corrected chi connectivity index (χ3v) is 3.86. The van der Waals surface area contributed by atoms with E-state index in [-0.39, 0.29) is 11.9 Å². The van der Waals surface area contributed by atoms with Gasteiger partial charge in [-0.05, 0) is 30.5 Å². The zero-order chi connectivity index (χ0) is 15.6. The van der Waals surface area contributed by atoms with Gasteiger partial charge in [-0.25, -0.2) is 4.68 Å². The zero-order valence-corrected chi connectivity index (χ0v) is 13.1. The van der Waals surface area contributed by atoms with Crippen molar-refractivity contribution in [3.05, 3.63) is 23.8 Å². The van der Waals surface area contributed by atoms with Crippen molar-refractivity contribution >= 4 is 16.9 Å². The normalized spacial score (nSPS) is 12.9. The fraction of sp³-hybridized carbons (Fsp3) is 0.533. The Hall–Kier alpha value is -1.95. The summed E-state index contributed by atoms with van der Waals surface area (Å²) in [6.45, 7) is 4.83. The van der Waals surface area contributed by atoms with Gasteiger partial charge in [0.05, 0.1) is 5.52 Å². The van der Waals surface area contributed by atoms with Crippen molar-refractivity contribution in [2.75, 3.05) is 13.6 Å². The highest BCUT2D eigenvalue weighted by atomic mass is 16.2. The molecule has 0 aliphatic rings. The molecule has 1 amide bonds. The molecule has 21 heavy (non-hydrogen) atoms. The van der Waals surface area contributed by atoms with Gasteiger partial charge in [0.2, 0.25) is 0 Å². The van der Waals surface area contributed by atoms with Crippen LogP contribution in [-0.2, 0) is 7.05 Å². The number of aryl methyl sites for hydroxylation is 1. The second-order valence-electron chi connectivity index (χ2n) is 5.84. The molecule has 6 heteroatoms. The van der Waals surface area contributed by atoms with Gasteiger partial charge in [0.15, 0.2) is 0 Å². The molecule has 0 bridgehead atoms. The van der Waals surface area contributed by atoms with Crippen LogP contribution >= 0.6 is 0 Å². The lowest BCUT2D eigenvalue weighted by Gasteiger charge is -2.21. The Morgan fingerprint density at radius 1 is 1.43 bits per heavy atom. The molecule has 1 atom stereocenters. The number of rotatable bonds is 5. The van der Waals surface area contributed by atoms with Gasteiger partial charge in [0.1, 0.15) is 5.52 Å². The Labute approximate surface area is 124 Å². The maximum Gasteiger partial charge on any atom is 0.253 e. The van der Waals surface area contributed by atoms with Gasteiger partial charge in [0, 0.05) is 32.2 Å². The van der Waals surface area contributed by atoms with Crippen LogP contribution in [0.25, 0.3) is 11.0 Å². The van der Waals surface area contributed by atoms with Crippen molar-refractivity contribution in [3.63, 3.8) is 0 Å². The second-order valence-corrected chi connectivity index (χ2v) is 5.84. The standard InChI is InChI=1S/C15H23N5O/c1-10(2)12(16)7-8-19(3)15(21)11-5-6-14-13(9-11)17-18-20(14)4/h5-6,9-10,12H,7-8,16H2,1-4H3. The number of nitrogens with zero attached hydrogens (tertiary/aromatic N) is 4. The van der Waals surface area contributed by atoms with Crippen LogP contribution < -0.4 is 5.73 Å². The molecule has 2 aromatic rings. The van der Waals surface area contributed by atoms with E-state index in [1.807, 2.05) is 19.2 Å². The van der Waals surface area contributed by atoms with Crippen LogP contribution in [0.3, 0.4) is 0 Å². The number of fused-ring (bicyclic) bond motifs is 1. The van der Waals surface area contributed by atoms with E-state index in [0.717, 1.165) is 17.5 Å². The van der Waals surface area contributed by atoms with Crippen molar-refractivity contribution in [2.24, 2.45) is 18.7 Å². The van der Waals surface area contributed by atoms with Gasteiger partial charge >= 0.3 is 0 Å². The third-order valence-electron chi connectivity index (χ3n) is 3.86. The highest BCUT2D eigenvalue weighted by Gasteiger charge is 2.15. The van der Waals surface area contributed by atoms with Crippen LogP contribution in [0.1, 0.15) is 30.6 Å². The van der Waals surface area contributed by atoms with Gasteiger partial charge < -0.3 is 10.6 Å². The number of nitrogens with two attached hydrogens (primary N) is 1. The Kier molecular flexibility index (Phi) is 4.57. The van der Waals surface area contributed by atoms with Crippen LogP contribution in [-0.4, -0.2) is 45.4 Å². The molecule has 1 heterocycles. The lowest BCUT2D eigenvalue weighted by Crippen LogP contribution is -2.34. The van der Waals surface area contributed by atoms with Gasteiger partial charge in [-0.1, -0.05) is 19.1 Å². The molecule has 6 nitrogen and oxygen atoms in total. The maximum absolute atomic E-state index is 12.4. The third kappa shape index (κ3) is 3.39. The van der Waals surface area contributed by atoms with Crippen molar-refractivity contribution in [2.45, 2.75) is 26.3 Å². The monoisotopic (exact) mass is 289 g/mol. The molecule has 1 aromatic carbocycles. The molecule has 1 aromatic heterocycles. The molecule has 114 valence electrons. The van der Waals surface area contributed by atoms with Crippen molar-refractivity contribution in [1.29, 1.82) is 0 Å². The lowest BCUT2D eigenvalue weighted by molar-refractivity contribution is 0.0789. The molecule has 1 unspecified atom stereocenters. The van der Waals surface area contributed by atoms with Gasteiger partial charge in [-0.2, -0.15) is 0 Å². The largest absolute Gasteiger partial charge is 0.342 e. The number of hydrogen-bond acceptors (Lipinski definition) is 4. The predicted molar refractivity (Wildman–Crippen MR) is 82.9 cm³/mol. The van der Waals surface area contributed by atoms with E-state index >= 15 is 0 Å². The first-order valence-corrected chi connectivity index (χ1v) is 7.20. The Bertz CT molecular complexity index is 634. The molecule has 0 fully saturated rings. The molecule has 0 saturated carbocycles. The van der Waals surface area contributed by atoms with E-state index in [9.17, 15) is 4.79 Å². The summed E-state index contributed by atoms with van der Waals surface area (Å²) in [7, 11) is 3.63. The average Bonchev–Trinajstić information content (AvgIpc) is 2.84. The summed E-state index contributed by atoms with van der Waals surface area (Å²) in [5.74, 6) is 0.406. The van der Waals surface area contributed by atoms with E-state index in [0.29, 0.717) is 18.0 Å². The maximum atomic E-state index is 12.4. The Balaban J connectivity index is 2.06. The van der Waals surface area contributed by atoms with E-state index < -0.39 is 0 Å². The van der Waals surface area contributed by atoms with Gasteiger partial charge in [-0.15, -0.1) is 5.10 Å². The molecule has 2 rings (SSSR count). The van der Waals surface area contributed by atoms with E-state index in [2.05, 4.69) is 24.2 Å². The number of amides is 1. The predicted octanol–water partition coefficient (Wildman–Crippen LogP) is 1.41. The highest BCUT2D eigenvalue weighted by molar-refractivity contribution is 5.97. The molecule has 2 N–H and O–H groups in total. The number of benzene rings is 1. The minimum Gasteiger partial charge on any atom is -0.342 e. The quantitative estimate of drug-likeness (QED) is 0.903.